The largest absolute Gasteiger partial charge is 0.463 e. The molecule has 41 heavy (non-hydrogen) atoms. The van der Waals surface area contributed by atoms with Crippen LogP contribution in [0.15, 0.2) is 115 Å². The van der Waals surface area contributed by atoms with E-state index < -0.39 is 17.8 Å². The van der Waals surface area contributed by atoms with Crippen molar-refractivity contribution in [1.29, 1.82) is 0 Å². The summed E-state index contributed by atoms with van der Waals surface area (Å²) in [6.07, 6.45) is 1.67. The lowest BCUT2D eigenvalue weighted by atomic mass is 9.93. The summed E-state index contributed by atoms with van der Waals surface area (Å²) in [7, 11) is 0. The van der Waals surface area contributed by atoms with Crippen LogP contribution in [0.3, 0.4) is 0 Å². The molecular formula is C32H22BrFN2O4S. The second kappa shape index (κ2) is 11.3. The number of carbonyl (C=O) groups is 1. The average molecular weight is 630 g/mol. The zero-order valence-corrected chi connectivity index (χ0v) is 24.1. The highest BCUT2D eigenvalue weighted by molar-refractivity contribution is 9.10. The van der Waals surface area contributed by atoms with Crippen LogP contribution in [0, 0.1) is 5.82 Å². The summed E-state index contributed by atoms with van der Waals surface area (Å²) in [4.78, 5) is 32.6. The van der Waals surface area contributed by atoms with E-state index in [0.717, 1.165) is 10.0 Å². The summed E-state index contributed by atoms with van der Waals surface area (Å²) in [5.74, 6) is 0.135. The van der Waals surface area contributed by atoms with Crippen molar-refractivity contribution < 1.29 is 18.3 Å². The highest BCUT2D eigenvalue weighted by Gasteiger charge is 2.35. The van der Waals surface area contributed by atoms with Gasteiger partial charge in [-0.25, -0.2) is 14.2 Å². The van der Waals surface area contributed by atoms with Crippen molar-refractivity contribution >= 4 is 45.0 Å². The van der Waals surface area contributed by atoms with Crippen LogP contribution < -0.4 is 14.9 Å². The number of thiazole rings is 1. The smallest absolute Gasteiger partial charge is 0.338 e. The number of esters is 1. The number of hydrogen-bond acceptors (Lipinski definition) is 6. The van der Waals surface area contributed by atoms with Crippen LogP contribution in [0.5, 0.6) is 0 Å². The summed E-state index contributed by atoms with van der Waals surface area (Å²) >= 11 is 4.67. The standard InChI is InChI=1S/C32H22BrFN2O4S/c1-2-39-31(38)27-28(19-7-4-3-5-8-19)35-32-36(29(27)20-11-13-23(34)14-12-20)30(37)26(41-32)18-24-15-16-25(40-24)21-9-6-10-22(33)17-21/h3-18,29H,2H2,1H3/b26-18-. The molecule has 3 aromatic carbocycles. The zero-order valence-electron chi connectivity index (χ0n) is 21.7. The van der Waals surface area contributed by atoms with E-state index in [0.29, 0.717) is 37.7 Å². The predicted octanol–water partition coefficient (Wildman–Crippen LogP) is 6.10. The normalized spacial score (nSPS) is 15.0. The fourth-order valence-corrected chi connectivity index (χ4v) is 6.14. The topological polar surface area (TPSA) is 73.8 Å². The molecule has 5 aromatic rings. The second-order valence-electron chi connectivity index (χ2n) is 9.20. The lowest BCUT2D eigenvalue weighted by Crippen LogP contribution is -2.40. The molecule has 6 nitrogen and oxygen atoms in total. The van der Waals surface area contributed by atoms with E-state index in [-0.39, 0.29) is 17.7 Å². The van der Waals surface area contributed by atoms with E-state index in [4.69, 9.17) is 14.1 Å². The molecule has 0 saturated heterocycles. The molecule has 0 N–H and O–H groups in total. The number of carbonyl (C=O) groups excluding carboxylic acids is 1. The predicted molar refractivity (Wildman–Crippen MR) is 159 cm³/mol. The molecule has 1 unspecified atom stereocenters. The Hall–Kier alpha value is -4.34. The molecule has 1 atom stereocenters. The molecule has 3 heterocycles. The SMILES string of the molecule is CCOC(=O)C1=C(c2ccccc2)N=c2s/c(=C\c3ccc(-c4cccc(Br)c4)o3)c(=O)n2C1c1ccc(F)cc1. The van der Waals surface area contributed by atoms with E-state index in [1.165, 1.54) is 28.0 Å². The van der Waals surface area contributed by atoms with Crippen molar-refractivity contribution in [1.82, 2.24) is 4.57 Å². The van der Waals surface area contributed by atoms with Gasteiger partial charge in [0.25, 0.3) is 5.56 Å². The molecule has 0 radical (unpaired) electrons. The van der Waals surface area contributed by atoms with Gasteiger partial charge in [0.15, 0.2) is 4.80 Å². The number of fused-ring (bicyclic) bond motifs is 1. The van der Waals surface area contributed by atoms with Crippen LogP contribution in [0.2, 0.25) is 0 Å². The minimum Gasteiger partial charge on any atom is -0.463 e. The van der Waals surface area contributed by atoms with Gasteiger partial charge in [0.05, 0.1) is 28.5 Å². The van der Waals surface area contributed by atoms with Gasteiger partial charge in [0.2, 0.25) is 0 Å². The zero-order chi connectivity index (χ0) is 28.5. The van der Waals surface area contributed by atoms with Gasteiger partial charge in [-0.05, 0) is 48.9 Å². The summed E-state index contributed by atoms with van der Waals surface area (Å²) in [6.45, 7) is 1.86. The van der Waals surface area contributed by atoms with Crippen LogP contribution in [-0.2, 0) is 9.53 Å². The fraction of sp³-hybridized carbons (Fsp3) is 0.0938. The highest BCUT2D eigenvalue weighted by Crippen LogP contribution is 2.35. The van der Waals surface area contributed by atoms with Crippen molar-refractivity contribution in [2.75, 3.05) is 6.61 Å². The quantitative estimate of drug-likeness (QED) is 0.213. The molecule has 1 aliphatic rings. The first-order valence-corrected chi connectivity index (χ1v) is 14.4. The van der Waals surface area contributed by atoms with Gasteiger partial charge in [-0.2, -0.15) is 0 Å². The first-order chi connectivity index (χ1) is 19.9. The Bertz CT molecular complexity index is 1970. The molecule has 2 aromatic heterocycles. The first-order valence-electron chi connectivity index (χ1n) is 12.8. The van der Waals surface area contributed by atoms with Crippen molar-refractivity contribution in [3.8, 4) is 11.3 Å². The lowest BCUT2D eigenvalue weighted by Gasteiger charge is -2.25. The van der Waals surface area contributed by atoms with Crippen LogP contribution in [0.4, 0.5) is 4.39 Å². The van der Waals surface area contributed by atoms with Crippen LogP contribution in [0.1, 0.15) is 29.9 Å². The fourth-order valence-electron chi connectivity index (χ4n) is 4.76. The number of nitrogens with zero attached hydrogens (tertiary/aromatic N) is 2. The molecule has 0 aliphatic carbocycles. The Morgan fingerprint density at radius 2 is 1.80 bits per heavy atom. The maximum atomic E-state index is 13.9. The number of aromatic nitrogens is 1. The van der Waals surface area contributed by atoms with Crippen molar-refractivity contribution in [2.45, 2.75) is 13.0 Å². The summed E-state index contributed by atoms with van der Waals surface area (Å²) in [6, 6.07) is 25.5. The van der Waals surface area contributed by atoms with Crippen molar-refractivity contribution in [3.63, 3.8) is 0 Å². The lowest BCUT2D eigenvalue weighted by molar-refractivity contribution is -0.138. The molecule has 204 valence electrons. The van der Waals surface area contributed by atoms with Gasteiger partial charge in [-0.3, -0.25) is 9.36 Å². The van der Waals surface area contributed by atoms with Gasteiger partial charge >= 0.3 is 5.97 Å². The molecular weight excluding hydrogens is 607 g/mol. The van der Waals surface area contributed by atoms with E-state index in [1.54, 1.807) is 31.2 Å². The van der Waals surface area contributed by atoms with E-state index >= 15 is 0 Å². The van der Waals surface area contributed by atoms with Gasteiger partial charge < -0.3 is 9.15 Å². The molecule has 1 aliphatic heterocycles. The van der Waals surface area contributed by atoms with E-state index in [9.17, 15) is 14.0 Å². The van der Waals surface area contributed by atoms with Gasteiger partial charge in [-0.1, -0.05) is 81.9 Å². The Morgan fingerprint density at radius 1 is 1.05 bits per heavy atom. The Balaban J connectivity index is 1.56. The number of rotatable bonds is 6. The molecule has 0 spiro atoms. The van der Waals surface area contributed by atoms with Gasteiger partial charge in [0.1, 0.15) is 17.3 Å². The van der Waals surface area contributed by atoms with Crippen LogP contribution in [0.25, 0.3) is 23.1 Å². The minimum atomic E-state index is -0.878. The molecule has 9 heteroatoms. The monoisotopic (exact) mass is 628 g/mol. The molecule has 0 amide bonds. The number of ether oxygens (including phenoxy) is 1. The molecule has 0 saturated carbocycles. The molecule has 6 rings (SSSR count). The Kier molecular flexibility index (Phi) is 7.38. The third kappa shape index (κ3) is 5.26. The number of furan rings is 1. The minimum absolute atomic E-state index is 0.143. The maximum Gasteiger partial charge on any atom is 0.338 e. The first kappa shape index (κ1) is 26.9. The summed E-state index contributed by atoms with van der Waals surface area (Å²) in [5.41, 5.74) is 2.41. The van der Waals surface area contributed by atoms with Crippen LogP contribution in [-0.4, -0.2) is 17.1 Å². The number of hydrogen-bond donors (Lipinski definition) is 0. The van der Waals surface area contributed by atoms with E-state index in [2.05, 4.69) is 15.9 Å². The summed E-state index contributed by atoms with van der Waals surface area (Å²) in [5, 5.41) is 0. The van der Waals surface area contributed by atoms with Crippen molar-refractivity contribution in [3.05, 3.63) is 143 Å². The summed E-state index contributed by atoms with van der Waals surface area (Å²) < 4.78 is 28.2. The van der Waals surface area contributed by atoms with Crippen LogP contribution >= 0.6 is 27.3 Å². The van der Waals surface area contributed by atoms with Crippen molar-refractivity contribution in [2.24, 2.45) is 4.99 Å². The number of benzene rings is 3. The molecule has 0 fully saturated rings. The second-order valence-corrected chi connectivity index (χ2v) is 11.1. The van der Waals surface area contributed by atoms with Gasteiger partial charge in [-0.15, -0.1) is 0 Å². The van der Waals surface area contributed by atoms with E-state index in [1.807, 2.05) is 60.7 Å². The maximum absolute atomic E-state index is 13.9. The Labute approximate surface area is 246 Å². The molecule has 0 bridgehead atoms. The number of halogens is 2. The Morgan fingerprint density at radius 3 is 2.54 bits per heavy atom. The third-order valence-electron chi connectivity index (χ3n) is 6.57. The average Bonchev–Trinajstić information content (AvgIpc) is 3.57. The van der Waals surface area contributed by atoms with Gasteiger partial charge in [0, 0.05) is 21.7 Å². The highest BCUT2D eigenvalue weighted by atomic mass is 79.9. The third-order valence-corrected chi connectivity index (χ3v) is 8.04.